The summed E-state index contributed by atoms with van der Waals surface area (Å²) in [7, 11) is 13.5. The normalized spacial score (nSPS) is 24.9. The maximum Gasteiger partial charge on any atom is 0.306 e. The topological polar surface area (TPSA) is 244 Å². The summed E-state index contributed by atoms with van der Waals surface area (Å²) in [4.78, 5) is 56.3. The Morgan fingerprint density at radius 1 is 0.676 bits per heavy atom. The molecule has 2 amide bonds. The third-order valence-corrected chi connectivity index (χ3v) is 19.3. The maximum atomic E-state index is 11.6. The summed E-state index contributed by atoms with van der Waals surface area (Å²) >= 11 is 0. The number of hydrogen-bond donors (Lipinski definition) is 4. The number of likely N-dealkylation sites (tertiary alicyclic amines) is 5. The zero-order chi connectivity index (χ0) is 56.6. The fraction of sp³-hybridized carbons (Fsp3) is 0.893. The minimum atomic E-state index is -0.454. The predicted octanol–water partition coefficient (Wildman–Crippen LogP) is 5.19. The molecule has 0 radical (unpaired) electrons. The molecule has 0 aromatic heterocycles. The van der Waals surface area contributed by atoms with Gasteiger partial charge in [-0.05, 0) is 76.2 Å². The molecule has 18 nitrogen and oxygen atoms in total. The first-order valence-electron chi connectivity index (χ1n) is 26.8. The van der Waals surface area contributed by atoms with Crippen molar-refractivity contribution in [3.05, 3.63) is 0 Å². The standard InChI is InChI=1S/C11H22N2O2.C11H20N2O.C10H20N2O2.C10H17NO2.C9H15NO.C5H8N2.6H2/c1-10(2,5-6-15-4)11(9(12)14)7-13(3)8-11;1-10(2,5-6-14-4)11(7-12)8-13(3)9-11;1-9(2,4-5-13)10(8(11)14)6-12(3)7-10;1-9(2)7-13-8(12)4-10(9)5-11(3)6-10;1-8(2)3-7(11)4-9(8)5-10-6-9;1-7-3-5(2-6)4-7;;;;;;/h5-8H2,1-4H3,(H2,12,14);5-6,8-9H2,1-4H3;13H,4-7H2,1-3H3,(H2,11,14);4-7H2,1-3H3;10H,3-6H2,1-2H3;5H,3-4H2,1H3;6*1H/i;;;;;;6*1+1. The van der Waals surface area contributed by atoms with Gasteiger partial charge in [0.25, 0.3) is 0 Å². The van der Waals surface area contributed by atoms with Gasteiger partial charge in [-0.1, -0.05) is 69.2 Å². The molecule has 0 aromatic carbocycles. The van der Waals surface area contributed by atoms with Crippen molar-refractivity contribution >= 4 is 23.6 Å². The van der Waals surface area contributed by atoms with Crippen LogP contribution in [-0.4, -0.2) is 208 Å². The number of carbonyl (C=O) groups is 4. The van der Waals surface area contributed by atoms with Crippen LogP contribution in [0, 0.1) is 82.7 Å². The molecule has 74 heavy (non-hydrogen) atoms. The number of esters is 1. The van der Waals surface area contributed by atoms with E-state index >= 15 is 0 Å². The molecule has 7 aliphatic heterocycles. The predicted molar refractivity (Wildman–Crippen MR) is 302 cm³/mol. The van der Waals surface area contributed by atoms with Crippen molar-refractivity contribution in [2.75, 3.05) is 154 Å². The van der Waals surface area contributed by atoms with Crippen molar-refractivity contribution < 1.29 is 47.1 Å². The molecular formula is C56H114N10O8. The molecule has 8 rings (SSSR count). The van der Waals surface area contributed by atoms with E-state index in [1.165, 1.54) is 0 Å². The lowest BCUT2D eigenvalue weighted by Crippen LogP contribution is -2.67. The summed E-state index contributed by atoms with van der Waals surface area (Å²) < 4.78 is 15.3. The van der Waals surface area contributed by atoms with Gasteiger partial charge >= 0.3 is 5.97 Å². The van der Waals surface area contributed by atoms with E-state index in [1.807, 2.05) is 35.0 Å². The number of primary amides is 2. The van der Waals surface area contributed by atoms with Crippen molar-refractivity contribution in [2.45, 2.75) is 108 Å². The summed E-state index contributed by atoms with van der Waals surface area (Å²) in [5.41, 5.74) is 10.7. The molecule has 1 saturated carbocycles. The molecule has 436 valence electrons. The number of nitrogens with two attached hydrogens (primary N) is 2. The largest absolute Gasteiger partial charge is 0.465 e. The quantitative estimate of drug-likeness (QED) is 0.174. The Morgan fingerprint density at radius 2 is 1.11 bits per heavy atom. The van der Waals surface area contributed by atoms with Gasteiger partial charge in [0.05, 0.1) is 47.3 Å². The van der Waals surface area contributed by atoms with Crippen molar-refractivity contribution in [3.63, 3.8) is 0 Å². The van der Waals surface area contributed by atoms with Gasteiger partial charge in [0.15, 0.2) is 0 Å². The van der Waals surface area contributed by atoms with Crippen LogP contribution in [-0.2, 0) is 33.4 Å². The van der Waals surface area contributed by atoms with Gasteiger partial charge in [0, 0.05) is 150 Å². The number of ether oxygens (including phenoxy) is 3. The van der Waals surface area contributed by atoms with Gasteiger partial charge in [0.1, 0.15) is 5.78 Å². The minimum absolute atomic E-state index is 0. The number of aliphatic hydroxyl groups is 1. The van der Waals surface area contributed by atoms with Crippen molar-refractivity contribution in [1.82, 2.24) is 29.8 Å². The summed E-state index contributed by atoms with van der Waals surface area (Å²) in [5, 5.41) is 29.7. The number of nitriles is 2. The lowest BCUT2D eigenvalue weighted by atomic mass is 9.58. The number of nitrogens with zero attached hydrogens (tertiary/aromatic N) is 7. The lowest BCUT2D eigenvalue weighted by Gasteiger charge is -2.58. The highest BCUT2D eigenvalue weighted by molar-refractivity contribution is 5.84. The van der Waals surface area contributed by atoms with Crippen molar-refractivity contribution in [3.8, 4) is 12.1 Å². The number of carbonyl (C=O) groups excluding carboxylic acids is 4. The Bertz CT molecular complexity index is 2000. The second-order valence-corrected chi connectivity index (χ2v) is 27.1. The van der Waals surface area contributed by atoms with Crippen LogP contribution < -0.4 is 16.8 Å². The van der Waals surface area contributed by atoms with E-state index in [0.29, 0.717) is 56.3 Å². The van der Waals surface area contributed by atoms with Crippen LogP contribution in [0.2, 0.25) is 0 Å². The van der Waals surface area contributed by atoms with E-state index in [9.17, 15) is 24.4 Å². The average molecular weight is 1060 g/mol. The molecule has 8 fully saturated rings. The van der Waals surface area contributed by atoms with Crippen molar-refractivity contribution in [1.29, 1.82) is 10.5 Å². The number of aliphatic hydroxyl groups excluding tert-OH is 1. The lowest BCUT2D eigenvalue weighted by molar-refractivity contribution is -0.186. The fourth-order valence-corrected chi connectivity index (χ4v) is 12.5. The first-order chi connectivity index (χ1) is 34.0. The molecule has 0 aromatic rings. The van der Waals surface area contributed by atoms with Crippen molar-refractivity contribution in [2.24, 2.45) is 71.5 Å². The Hall–Kier alpha value is -3.30. The number of amides is 2. The molecule has 7 saturated heterocycles. The van der Waals surface area contributed by atoms with Gasteiger partial charge < -0.3 is 60.6 Å². The van der Waals surface area contributed by atoms with Crippen LogP contribution in [0.25, 0.3) is 0 Å². The van der Waals surface area contributed by atoms with Crippen LogP contribution >= 0.6 is 0 Å². The van der Waals surface area contributed by atoms with E-state index in [4.69, 9.17) is 36.0 Å². The highest BCUT2D eigenvalue weighted by Crippen LogP contribution is 2.54. The van der Waals surface area contributed by atoms with Crippen LogP contribution in [0.3, 0.4) is 0 Å². The van der Waals surface area contributed by atoms with Crippen LogP contribution in [0.5, 0.6) is 0 Å². The molecule has 1 aliphatic carbocycles. The maximum absolute atomic E-state index is 11.6. The molecule has 8 aliphatic rings. The molecule has 0 atom stereocenters. The summed E-state index contributed by atoms with van der Waals surface area (Å²) in [6.07, 6.45) is 4.63. The van der Waals surface area contributed by atoms with E-state index < -0.39 is 5.41 Å². The molecule has 6 N–H and O–H groups in total. The first-order valence-corrected chi connectivity index (χ1v) is 26.8. The van der Waals surface area contributed by atoms with Gasteiger partial charge in [-0.3, -0.25) is 19.2 Å². The first kappa shape index (κ1) is 65.0. The van der Waals surface area contributed by atoms with E-state index in [0.717, 1.165) is 97.7 Å². The second-order valence-electron chi connectivity index (χ2n) is 27.1. The highest BCUT2D eigenvalue weighted by atomic mass is 16.5. The molecular weight excluding hydrogens is 941 g/mol. The smallest absolute Gasteiger partial charge is 0.306 e. The monoisotopic (exact) mass is 1060 g/mol. The number of nitrogens with one attached hydrogen (secondary N) is 1. The summed E-state index contributed by atoms with van der Waals surface area (Å²) in [6, 6.07) is 4.69. The summed E-state index contributed by atoms with van der Waals surface area (Å²) in [6.45, 7) is 34.3. The van der Waals surface area contributed by atoms with Crippen LogP contribution in [0.1, 0.15) is 116 Å². The van der Waals surface area contributed by atoms with Gasteiger partial charge in [-0.15, -0.1) is 0 Å². The Labute approximate surface area is 455 Å². The van der Waals surface area contributed by atoms with Crippen LogP contribution in [0.15, 0.2) is 0 Å². The molecule has 0 unspecified atom stereocenters. The average Bonchev–Trinajstić information content (AvgIpc) is 3.49. The van der Waals surface area contributed by atoms with E-state index in [1.54, 1.807) is 14.2 Å². The van der Waals surface area contributed by atoms with E-state index in [2.05, 4.69) is 111 Å². The number of ketones is 1. The number of rotatable bonds is 13. The molecule has 2 spiro atoms. The van der Waals surface area contributed by atoms with Gasteiger partial charge in [-0.25, -0.2) is 0 Å². The number of methoxy groups -OCH3 is 2. The highest BCUT2D eigenvalue weighted by Gasteiger charge is 2.59. The third-order valence-electron chi connectivity index (χ3n) is 19.3. The minimum Gasteiger partial charge on any atom is -0.465 e. The molecule has 18 heteroatoms. The second kappa shape index (κ2) is 25.0. The van der Waals surface area contributed by atoms with Gasteiger partial charge in [0.2, 0.25) is 11.8 Å². The molecule has 0 bridgehead atoms. The van der Waals surface area contributed by atoms with E-state index in [-0.39, 0.29) is 76.3 Å². The Kier molecular flexibility index (Phi) is 22.0. The van der Waals surface area contributed by atoms with Gasteiger partial charge in [-0.2, -0.15) is 10.5 Å². The number of hydrogen-bond acceptors (Lipinski definition) is 16. The molecule has 7 heterocycles. The summed E-state index contributed by atoms with van der Waals surface area (Å²) in [5.74, 6) is 0.338. The number of cyclic esters (lactones) is 1. The Balaban J connectivity index is -0.000000431. The zero-order valence-corrected chi connectivity index (χ0v) is 49.2. The Morgan fingerprint density at radius 3 is 1.39 bits per heavy atom. The fourth-order valence-electron chi connectivity index (χ4n) is 12.5. The van der Waals surface area contributed by atoms with Crippen LogP contribution in [0.4, 0.5) is 0 Å². The number of Topliss-reactive ketones (excluding diaryl/α,β-unsaturated/α-hetero) is 1. The third kappa shape index (κ3) is 14.1. The SMILES string of the molecule is CC1(C)CC(=O)CC12CNC2.CN1CC(C#N)C1.CN1CC(C(N)=O)(C(C)(C)CCO)C1.CN1CC2(CC(=O)OCC2(C)C)C1.COCCC(C)(C)C1(C#N)CN(C)C1.COCCC(C)(C)C1(C(N)=O)CN(C)C1.[2HH].[2HH].[2HH].[2HH].[2HH].[2HH]. The zero-order valence-electron chi connectivity index (χ0n) is 49.2.